The van der Waals surface area contributed by atoms with Gasteiger partial charge in [0.25, 0.3) is 0 Å². The molecule has 2 aliphatic rings. The van der Waals surface area contributed by atoms with E-state index in [1.807, 2.05) is 22.7 Å². The Morgan fingerprint density at radius 3 is 0.789 bits per heavy atom. The first kappa shape index (κ1) is 68.1. The molecule has 114 heavy (non-hydrogen) atoms. The van der Waals surface area contributed by atoms with Crippen molar-refractivity contribution in [3.05, 3.63) is 493 Å². The Balaban J connectivity index is 0.000000143. The molecule has 0 atom stereocenters. The van der Waals surface area contributed by atoms with Gasteiger partial charge in [-0.1, -0.05) is 358 Å². The maximum absolute atomic E-state index is 2.47. The Morgan fingerprint density at radius 1 is 0.158 bits per heavy atom. The lowest BCUT2D eigenvalue weighted by atomic mass is 9.67. The predicted molar refractivity (Wildman–Crippen MR) is 484 cm³/mol. The second kappa shape index (κ2) is 28.7. The second-order valence-corrected chi connectivity index (χ2v) is 31.9. The minimum atomic E-state index is -0.422. The Labute approximate surface area is 673 Å². The third-order valence-electron chi connectivity index (χ3n) is 23.4. The molecule has 22 rings (SSSR count). The molecule has 20 aromatic rings. The van der Waals surface area contributed by atoms with Gasteiger partial charge in [-0.15, -0.1) is 22.7 Å². The van der Waals surface area contributed by atoms with Crippen LogP contribution in [0.15, 0.2) is 449 Å². The summed E-state index contributed by atoms with van der Waals surface area (Å²) in [7, 11) is 0. The Kier molecular flexibility index (Phi) is 17.1. The van der Waals surface area contributed by atoms with Crippen molar-refractivity contribution in [1.29, 1.82) is 0 Å². The van der Waals surface area contributed by atoms with Crippen molar-refractivity contribution in [1.82, 2.24) is 0 Å². The molecule has 0 amide bonds. The zero-order valence-electron chi connectivity index (χ0n) is 62.4. The molecule has 0 bridgehead atoms. The van der Waals surface area contributed by atoms with E-state index >= 15 is 0 Å². The van der Waals surface area contributed by atoms with Gasteiger partial charge in [-0.05, 0) is 202 Å². The Bertz CT molecular complexity index is 6490. The van der Waals surface area contributed by atoms with E-state index in [1.54, 1.807) is 0 Å². The number of thiophene rings is 2. The minimum absolute atomic E-state index is 0.422. The minimum Gasteiger partial charge on any atom is -0.310 e. The van der Waals surface area contributed by atoms with Crippen LogP contribution in [0.2, 0.25) is 0 Å². The van der Waals surface area contributed by atoms with E-state index in [0.717, 1.165) is 34.1 Å². The smallest absolute Gasteiger partial charge is 0.0714 e. The molecule has 0 saturated heterocycles. The van der Waals surface area contributed by atoms with Gasteiger partial charge in [-0.3, -0.25) is 0 Å². The lowest BCUT2D eigenvalue weighted by molar-refractivity contribution is 0.770. The molecule has 0 spiro atoms. The first-order valence-electron chi connectivity index (χ1n) is 39.2. The van der Waals surface area contributed by atoms with Crippen molar-refractivity contribution in [2.24, 2.45) is 0 Å². The van der Waals surface area contributed by atoms with Crippen molar-refractivity contribution in [3.63, 3.8) is 0 Å². The number of benzene rings is 18. The van der Waals surface area contributed by atoms with Crippen LogP contribution in [0, 0.1) is 0 Å². The van der Waals surface area contributed by atoms with Crippen LogP contribution in [0.25, 0.3) is 107 Å². The van der Waals surface area contributed by atoms with Crippen LogP contribution < -0.4 is 9.80 Å². The number of para-hydroxylation sites is 1. The van der Waals surface area contributed by atoms with Crippen LogP contribution in [0.4, 0.5) is 34.1 Å². The topological polar surface area (TPSA) is 6.48 Å². The SMILES string of the molecule is c1ccc(-c2cc(-c3ccccc3)cc(N(c3ccccc3)c3ccc4c(c3)sc3cc(C5(c6ccccc6)c6ccccc6-c6ccccc65)ccc34)c2)cc1.c1ccc(-c2cccc(N(c3cccc(-c4ccccc4)c3)c3ccc4c(c3)sc3cc(C5(c6ccccc6)c6ccccc6-c6ccccc65)ccc34)c2)cc1. The summed E-state index contributed by atoms with van der Waals surface area (Å²) in [5.74, 6) is 0. The molecule has 2 heterocycles. The van der Waals surface area contributed by atoms with Crippen molar-refractivity contribution < 1.29 is 0 Å². The number of anilines is 6. The maximum Gasteiger partial charge on any atom is 0.0714 e. The molecule has 2 aromatic heterocycles. The van der Waals surface area contributed by atoms with E-state index in [0.29, 0.717) is 0 Å². The number of fused-ring (bicyclic) bond motifs is 12. The molecule has 536 valence electrons. The van der Waals surface area contributed by atoms with Gasteiger partial charge in [0.05, 0.1) is 10.8 Å². The highest BCUT2D eigenvalue weighted by molar-refractivity contribution is 7.26. The number of hydrogen-bond donors (Lipinski definition) is 0. The monoisotopic (exact) mass is 1490 g/mol. The summed E-state index contributed by atoms with van der Waals surface area (Å²) in [6.07, 6.45) is 0. The fraction of sp³-hybridized carbons (Fsp3) is 0.0182. The van der Waals surface area contributed by atoms with Gasteiger partial charge in [0, 0.05) is 74.5 Å². The van der Waals surface area contributed by atoms with Gasteiger partial charge < -0.3 is 9.80 Å². The van der Waals surface area contributed by atoms with Gasteiger partial charge in [0.1, 0.15) is 0 Å². The molecular weight excluding hydrogens is 1410 g/mol. The first-order chi connectivity index (χ1) is 56.5. The molecular formula is C110H74N2S2. The third kappa shape index (κ3) is 11.6. The molecule has 18 aromatic carbocycles. The average molecular weight is 1490 g/mol. The van der Waals surface area contributed by atoms with Crippen molar-refractivity contribution in [2.75, 3.05) is 9.80 Å². The summed E-state index contributed by atoms with van der Waals surface area (Å²) >= 11 is 3.77. The molecule has 4 heteroatoms. The molecule has 2 nitrogen and oxygen atoms in total. The molecule has 0 aliphatic heterocycles. The Morgan fingerprint density at radius 2 is 0.421 bits per heavy atom. The van der Waals surface area contributed by atoms with Gasteiger partial charge >= 0.3 is 0 Å². The summed E-state index contributed by atoms with van der Waals surface area (Å²) in [6.45, 7) is 0. The number of hydrogen-bond acceptors (Lipinski definition) is 4. The van der Waals surface area contributed by atoms with E-state index < -0.39 is 10.8 Å². The summed E-state index contributed by atoms with van der Waals surface area (Å²) < 4.78 is 5.12. The highest BCUT2D eigenvalue weighted by atomic mass is 32.1. The first-order valence-corrected chi connectivity index (χ1v) is 40.8. The standard InChI is InChI=1S/2C55H37NS/c1-5-17-38(18-6-1)40-33-41(39-19-7-2-8-20-39)35-46(34-40)56(44-23-11-4-12-24-44)45-30-32-50-49-31-29-43(36-53(49)57-54(50)37-45)55(42-21-9-3-10-22-42)51-27-15-13-25-47(51)48-26-14-16-28-52(48)55;1-4-16-38(17-5-1)40-20-14-24-44(34-40)56(45-25-15-21-41(35-45)39-18-6-2-7-19-39)46-31-33-50-49-32-30-43(36-53(49)57-54(50)37-46)55(42-22-8-3-9-23-42)51-28-12-10-26-47(51)48-27-11-13-29-52(48)55/h2*1-37H. The Hall–Kier alpha value is -14.0. The fourth-order valence-electron chi connectivity index (χ4n) is 18.4. The predicted octanol–water partition coefficient (Wildman–Crippen LogP) is 30.4. The second-order valence-electron chi connectivity index (χ2n) is 29.7. The third-order valence-corrected chi connectivity index (χ3v) is 25.7. The lowest BCUT2D eigenvalue weighted by Crippen LogP contribution is -2.28. The normalized spacial score (nSPS) is 12.7. The summed E-state index contributed by atoms with van der Waals surface area (Å²) in [5.41, 5.74) is 31.2. The lowest BCUT2D eigenvalue weighted by Gasteiger charge is -2.33. The molecule has 0 unspecified atom stereocenters. The maximum atomic E-state index is 2.47. The molecule has 2 aliphatic carbocycles. The summed E-state index contributed by atoms with van der Waals surface area (Å²) in [5, 5.41) is 5.14. The van der Waals surface area contributed by atoms with Crippen molar-refractivity contribution >= 4 is 97.1 Å². The van der Waals surface area contributed by atoms with Crippen LogP contribution >= 0.6 is 22.7 Å². The van der Waals surface area contributed by atoms with E-state index in [2.05, 4.69) is 459 Å². The molecule has 0 radical (unpaired) electrons. The molecule has 0 N–H and O–H groups in total. The zero-order valence-corrected chi connectivity index (χ0v) is 64.1. The molecule has 0 saturated carbocycles. The molecule has 0 fully saturated rings. The number of rotatable bonds is 14. The zero-order chi connectivity index (χ0) is 75.5. The number of nitrogens with zero attached hydrogens (tertiary/aromatic N) is 2. The van der Waals surface area contributed by atoms with Crippen molar-refractivity contribution in [2.45, 2.75) is 10.8 Å². The van der Waals surface area contributed by atoms with Gasteiger partial charge in [0.2, 0.25) is 0 Å². The van der Waals surface area contributed by atoms with Crippen LogP contribution in [-0.4, -0.2) is 0 Å². The fourth-order valence-corrected chi connectivity index (χ4v) is 20.8. The van der Waals surface area contributed by atoms with Crippen LogP contribution in [0.1, 0.15) is 44.5 Å². The summed E-state index contributed by atoms with van der Waals surface area (Å²) in [6, 6.07) is 165. The quantitative estimate of drug-likeness (QED) is 0.107. The van der Waals surface area contributed by atoms with E-state index in [9.17, 15) is 0 Å². The van der Waals surface area contributed by atoms with Crippen LogP contribution in [0.5, 0.6) is 0 Å². The highest BCUT2D eigenvalue weighted by Gasteiger charge is 2.48. The van der Waals surface area contributed by atoms with E-state index in [4.69, 9.17) is 0 Å². The summed E-state index contributed by atoms with van der Waals surface area (Å²) in [4.78, 5) is 4.82. The van der Waals surface area contributed by atoms with E-state index in [-0.39, 0.29) is 0 Å². The van der Waals surface area contributed by atoms with Crippen LogP contribution in [-0.2, 0) is 10.8 Å². The highest BCUT2D eigenvalue weighted by Crippen LogP contribution is 2.59. The van der Waals surface area contributed by atoms with Crippen molar-refractivity contribution in [3.8, 4) is 66.8 Å². The van der Waals surface area contributed by atoms with Crippen LogP contribution in [0.3, 0.4) is 0 Å². The van der Waals surface area contributed by atoms with Gasteiger partial charge in [0.15, 0.2) is 0 Å². The van der Waals surface area contributed by atoms with Gasteiger partial charge in [-0.25, -0.2) is 0 Å². The van der Waals surface area contributed by atoms with E-state index in [1.165, 1.54) is 152 Å². The average Bonchev–Trinajstić information content (AvgIpc) is 1.31. The van der Waals surface area contributed by atoms with Gasteiger partial charge in [-0.2, -0.15) is 0 Å². The largest absolute Gasteiger partial charge is 0.310 e.